The van der Waals surface area contributed by atoms with E-state index < -0.39 is 54.3 Å². The van der Waals surface area contributed by atoms with Crippen LogP contribution in [0.1, 0.15) is 24.0 Å². The molecule has 3 aromatic rings. The Kier molecular flexibility index (Phi) is 10.2. The fourth-order valence-corrected chi connectivity index (χ4v) is 4.05. The van der Waals surface area contributed by atoms with E-state index in [9.17, 15) is 29.1 Å². The first-order valence-electron chi connectivity index (χ1n) is 12.4. The first kappa shape index (κ1) is 28.9. The van der Waals surface area contributed by atoms with E-state index in [1.165, 1.54) is 0 Å². The third-order valence-electron chi connectivity index (χ3n) is 6.10. The minimum absolute atomic E-state index is 0.0570. The second-order valence-electron chi connectivity index (χ2n) is 9.10. The highest BCUT2D eigenvalue weighted by Crippen LogP contribution is 2.18. The summed E-state index contributed by atoms with van der Waals surface area (Å²) in [7, 11) is 0. The molecular weight excluding hydrogens is 504 g/mol. The van der Waals surface area contributed by atoms with Gasteiger partial charge in [-0.3, -0.25) is 19.2 Å². The minimum Gasteiger partial charge on any atom is -0.480 e. The van der Waals surface area contributed by atoms with Gasteiger partial charge in [0.1, 0.15) is 12.1 Å². The molecule has 3 atom stereocenters. The van der Waals surface area contributed by atoms with Crippen molar-refractivity contribution in [2.75, 3.05) is 6.54 Å². The number of benzene rings is 2. The van der Waals surface area contributed by atoms with Crippen LogP contribution in [-0.2, 0) is 36.8 Å². The molecule has 9 N–H and O–H groups in total. The number of aromatic nitrogens is 1. The molecule has 0 spiro atoms. The van der Waals surface area contributed by atoms with Crippen molar-refractivity contribution in [3.8, 4) is 0 Å². The molecule has 206 valence electrons. The Morgan fingerprint density at radius 2 is 1.56 bits per heavy atom. The Morgan fingerprint density at radius 3 is 2.26 bits per heavy atom. The molecular formula is C27H32N6O6. The molecule has 0 aliphatic rings. The van der Waals surface area contributed by atoms with Crippen LogP contribution in [0, 0.1) is 0 Å². The molecule has 1 heterocycles. The summed E-state index contributed by atoms with van der Waals surface area (Å²) in [6.07, 6.45) is 1.71. The summed E-state index contributed by atoms with van der Waals surface area (Å²) in [5.74, 6) is -4.00. The normalized spacial score (nSPS) is 13.2. The van der Waals surface area contributed by atoms with Gasteiger partial charge in [0.05, 0.1) is 12.6 Å². The Hall–Kier alpha value is -4.71. The number of carboxylic acid groups (broad SMARTS) is 1. The summed E-state index contributed by atoms with van der Waals surface area (Å²) in [6, 6.07) is 12.9. The number of carbonyl (C=O) groups excluding carboxylic acids is 4. The van der Waals surface area contributed by atoms with Gasteiger partial charge in [0, 0.05) is 29.9 Å². The molecule has 1 aromatic heterocycles. The molecule has 3 unspecified atom stereocenters. The molecule has 0 aliphatic carbocycles. The summed E-state index contributed by atoms with van der Waals surface area (Å²) in [5, 5.41) is 17.7. The first-order valence-corrected chi connectivity index (χ1v) is 12.4. The Bertz CT molecular complexity index is 1320. The summed E-state index contributed by atoms with van der Waals surface area (Å²) in [5.41, 5.74) is 13.8. The molecule has 0 aliphatic heterocycles. The Labute approximate surface area is 224 Å². The molecule has 0 saturated carbocycles. The van der Waals surface area contributed by atoms with Crippen molar-refractivity contribution in [1.29, 1.82) is 0 Å². The molecule has 2 aromatic carbocycles. The highest BCUT2D eigenvalue weighted by molar-refractivity contribution is 5.93. The average Bonchev–Trinajstić information content (AvgIpc) is 3.32. The van der Waals surface area contributed by atoms with Gasteiger partial charge < -0.3 is 37.5 Å². The van der Waals surface area contributed by atoms with Gasteiger partial charge in [-0.15, -0.1) is 0 Å². The first-order chi connectivity index (χ1) is 18.6. The summed E-state index contributed by atoms with van der Waals surface area (Å²) >= 11 is 0. The van der Waals surface area contributed by atoms with Crippen molar-refractivity contribution >= 4 is 40.5 Å². The van der Waals surface area contributed by atoms with E-state index in [0.717, 1.165) is 16.5 Å². The molecule has 0 fully saturated rings. The maximum atomic E-state index is 12.8. The maximum absolute atomic E-state index is 12.8. The number of nitrogens with two attached hydrogens (primary N) is 2. The predicted molar refractivity (Wildman–Crippen MR) is 143 cm³/mol. The third-order valence-corrected chi connectivity index (χ3v) is 6.10. The number of H-pyrrole nitrogens is 1. The van der Waals surface area contributed by atoms with E-state index in [0.29, 0.717) is 5.56 Å². The lowest BCUT2D eigenvalue weighted by Gasteiger charge is -2.21. The van der Waals surface area contributed by atoms with Crippen LogP contribution in [0.2, 0.25) is 0 Å². The zero-order valence-corrected chi connectivity index (χ0v) is 21.2. The number of aromatic amines is 1. The third kappa shape index (κ3) is 8.68. The molecule has 0 bridgehead atoms. The standard InChI is InChI=1S/C27H32N6O6/c28-19(13-17-14-30-20-9-5-4-8-18(17)20)25(36)33-21(10-11-23(29)34)26(37)31-15-24(35)32-22(27(38)39)12-16-6-2-1-3-7-16/h1-9,14,19,21-22,30H,10-13,15,28H2,(H2,29,34)(H,31,37)(H,32,35)(H,33,36)(H,38,39). The number of hydrogen-bond acceptors (Lipinski definition) is 6. The Balaban J connectivity index is 1.57. The molecule has 3 rings (SSSR count). The zero-order chi connectivity index (χ0) is 28.4. The van der Waals surface area contributed by atoms with Crippen LogP contribution >= 0.6 is 0 Å². The average molecular weight is 537 g/mol. The number of rotatable bonds is 14. The maximum Gasteiger partial charge on any atom is 0.326 e. The van der Waals surface area contributed by atoms with Gasteiger partial charge >= 0.3 is 5.97 Å². The molecule has 12 heteroatoms. The van der Waals surface area contributed by atoms with Crippen molar-refractivity contribution in [2.45, 2.75) is 43.8 Å². The monoisotopic (exact) mass is 536 g/mol. The highest BCUT2D eigenvalue weighted by atomic mass is 16.4. The van der Waals surface area contributed by atoms with Gasteiger partial charge in [-0.1, -0.05) is 48.5 Å². The molecule has 12 nitrogen and oxygen atoms in total. The number of carbonyl (C=O) groups is 5. The lowest BCUT2D eigenvalue weighted by molar-refractivity contribution is -0.141. The second kappa shape index (κ2) is 13.7. The van der Waals surface area contributed by atoms with Gasteiger partial charge in [0.25, 0.3) is 0 Å². The summed E-state index contributed by atoms with van der Waals surface area (Å²) in [4.78, 5) is 64.0. The van der Waals surface area contributed by atoms with Gasteiger partial charge in [-0.05, 0) is 30.0 Å². The van der Waals surface area contributed by atoms with Crippen LogP contribution in [0.4, 0.5) is 0 Å². The predicted octanol–water partition coefficient (Wildman–Crippen LogP) is -0.284. The largest absolute Gasteiger partial charge is 0.480 e. The van der Waals surface area contributed by atoms with Crippen LogP contribution in [0.3, 0.4) is 0 Å². The van der Waals surface area contributed by atoms with Crippen molar-refractivity contribution in [3.63, 3.8) is 0 Å². The van der Waals surface area contributed by atoms with E-state index in [4.69, 9.17) is 11.5 Å². The topological polar surface area (TPSA) is 209 Å². The van der Waals surface area contributed by atoms with Crippen molar-refractivity contribution < 1.29 is 29.1 Å². The number of primary amides is 1. The molecule has 0 saturated heterocycles. The zero-order valence-electron chi connectivity index (χ0n) is 21.2. The summed E-state index contributed by atoms with van der Waals surface area (Å²) in [6.45, 7) is -0.540. The number of hydrogen-bond donors (Lipinski definition) is 7. The number of aliphatic carboxylic acids is 1. The smallest absolute Gasteiger partial charge is 0.326 e. The van der Waals surface area contributed by atoms with Crippen molar-refractivity contribution in [3.05, 3.63) is 71.9 Å². The van der Waals surface area contributed by atoms with Crippen LogP contribution in [0.15, 0.2) is 60.8 Å². The number of amides is 4. The lowest BCUT2D eigenvalue weighted by Crippen LogP contribution is -2.54. The Morgan fingerprint density at radius 1 is 0.872 bits per heavy atom. The quantitative estimate of drug-likeness (QED) is 0.146. The summed E-state index contributed by atoms with van der Waals surface area (Å²) < 4.78 is 0. The second-order valence-corrected chi connectivity index (χ2v) is 9.10. The van der Waals surface area contributed by atoms with Crippen LogP contribution in [0.25, 0.3) is 10.9 Å². The molecule has 0 radical (unpaired) electrons. The molecule has 39 heavy (non-hydrogen) atoms. The van der Waals surface area contributed by atoms with Gasteiger partial charge in [0.15, 0.2) is 0 Å². The minimum atomic E-state index is -1.23. The van der Waals surface area contributed by atoms with E-state index in [1.807, 2.05) is 24.3 Å². The van der Waals surface area contributed by atoms with Crippen LogP contribution in [-0.4, -0.2) is 64.4 Å². The number of fused-ring (bicyclic) bond motifs is 1. The van der Waals surface area contributed by atoms with Crippen LogP contribution in [0.5, 0.6) is 0 Å². The fraction of sp³-hybridized carbons (Fsp3) is 0.296. The van der Waals surface area contributed by atoms with E-state index in [1.54, 1.807) is 36.5 Å². The van der Waals surface area contributed by atoms with E-state index in [-0.39, 0.29) is 25.7 Å². The van der Waals surface area contributed by atoms with E-state index >= 15 is 0 Å². The SMILES string of the molecule is NC(=O)CCC(NC(=O)C(N)Cc1c[nH]c2ccccc12)C(=O)NCC(=O)NC(Cc1ccccc1)C(=O)O. The van der Waals surface area contributed by atoms with Crippen LogP contribution < -0.4 is 27.4 Å². The van der Waals surface area contributed by atoms with Gasteiger partial charge in [-0.2, -0.15) is 0 Å². The van der Waals surface area contributed by atoms with Gasteiger partial charge in [0.2, 0.25) is 23.6 Å². The molecule has 4 amide bonds. The number of para-hydroxylation sites is 1. The number of nitrogens with one attached hydrogen (secondary N) is 4. The van der Waals surface area contributed by atoms with Crippen molar-refractivity contribution in [1.82, 2.24) is 20.9 Å². The number of carboxylic acids is 1. The van der Waals surface area contributed by atoms with E-state index in [2.05, 4.69) is 20.9 Å². The fourth-order valence-electron chi connectivity index (χ4n) is 4.05. The van der Waals surface area contributed by atoms with Crippen molar-refractivity contribution in [2.24, 2.45) is 11.5 Å². The van der Waals surface area contributed by atoms with Gasteiger partial charge in [-0.25, -0.2) is 4.79 Å². The highest BCUT2D eigenvalue weighted by Gasteiger charge is 2.26. The lowest BCUT2D eigenvalue weighted by atomic mass is 10.0.